The highest BCUT2D eigenvalue weighted by Crippen LogP contribution is 2.24. The second kappa shape index (κ2) is 7.86. The zero-order valence-corrected chi connectivity index (χ0v) is 15.3. The number of aromatic nitrogens is 4. The molecule has 3 aromatic heterocycles. The van der Waals surface area contributed by atoms with Crippen LogP contribution in [0.2, 0.25) is 0 Å². The molecular weight excluding hydrogens is 348 g/mol. The van der Waals surface area contributed by atoms with E-state index in [2.05, 4.69) is 25.2 Å². The molecule has 4 rings (SSSR count). The molecule has 1 N–H and O–H groups in total. The fourth-order valence-corrected chi connectivity index (χ4v) is 3.76. The standard InChI is InChI=1S/C18H20N6OS/c1-13-21-9-14(26-13)11-24-7-8-25-16(12-24)15-3-2-4-17(22-15)23-18-10-19-5-6-20-18/h2-6,9-10,16H,7-8,11-12H2,1H3,(H,20,22,23). The number of nitrogens with zero attached hydrogens (tertiary/aromatic N) is 5. The average Bonchev–Trinajstić information content (AvgIpc) is 3.08. The van der Waals surface area contributed by atoms with E-state index in [1.165, 1.54) is 4.88 Å². The average molecular weight is 368 g/mol. The number of anilines is 2. The van der Waals surface area contributed by atoms with Crippen molar-refractivity contribution in [2.75, 3.05) is 25.0 Å². The van der Waals surface area contributed by atoms with Crippen LogP contribution in [-0.4, -0.2) is 44.5 Å². The molecule has 7 nitrogen and oxygen atoms in total. The molecule has 0 aliphatic carbocycles. The van der Waals surface area contributed by atoms with E-state index in [9.17, 15) is 0 Å². The topological polar surface area (TPSA) is 76.1 Å². The van der Waals surface area contributed by atoms with Crippen molar-refractivity contribution in [3.8, 4) is 0 Å². The van der Waals surface area contributed by atoms with Gasteiger partial charge in [0.2, 0.25) is 0 Å². The summed E-state index contributed by atoms with van der Waals surface area (Å²) in [5.41, 5.74) is 0.920. The Morgan fingerprint density at radius 3 is 3.00 bits per heavy atom. The molecule has 1 saturated heterocycles. The molecule has 26 heavy (non-hydrogen) atoms. The molecule has 4 heterocycles. The lowest BCUT2D eigenvalue weighted by Gasteiger charge is -2.32. The first-order chi connectivity index (χ1) is 12.8. The third-order valence-electron chi connectivity index (χ3n) is 4.12. The minimum Gasteiger partial charge on any atom is -0.369 e. The van der Waals surface area contributed by atoms with Crippen molar-refractivity contribution in [3.05, 3.63) is 58.6 Å². The van der Waals surface area contributed by atoms with E-state index in [4.69, 9.17) is 9.72 Å². The fraction of sp³-hybridized carbons (Fsp3) is 0.333. The van der Waals surface area contributed by atoms with Crippen LogP contribution in [0.15, 0.2) is 43.0 Å². The van der Waals surface area contributed by atoms with E-state index in [1.54, 1.807) is 29.9 Å². The number of morpholine rings is 1. The highest BCUT2D eigenvalue weighted by Gasteiger charge is 2.23. The summed E-state index contributed by atoms with van der Waals surface area (Å²) in [5.74, 6) is 1.41. The molecule has 3 aromatic rings. The molecule has 0 saturated carbocycles. The van der Waals surface area contributed by atoms with Gasteiger partial charge in [0.25, 0.3) is 0 Å². The molecule has 134 valence electrons. The predicted molar refractivity (Wildman–Crippen MR) is 100 cm³/mol. The molecule has 0 spiro atoms. The molecule has 1 unspecified atom stereocenters. The Morgan fingerprint density at radius 2 is 2.19 bits per heavy atom. The second-order valence-corrected chi connectivity index (χ2v) is 7.42. The summed E-state index contributed by atoms with van der Waals surface area (Å²) in [6.07, 6.45) is 6.89. The van der Waals surface area contributed by atoms with E-state index < -0.39 is 0 Å². The van der Waals surface area contributed by atoms with Gasteiger partial charge in [-0.05, 0) is 19.1 Å². The van der Waals surface area contributed by atoms with Gasteiger partial charge in [-0.3, -0.25) is 9.88 Å². The Bertz CT molecular complexity index is 856. The fourth-order valence-electron chi connectivity index (χ4n) is 2.92. The summed E-state index contributed by atoms with van der Waals surface area (Å²) < 4.78 is 5.97. The van der Waals surface area contributed by atoms with Gasteiger partial charge >= 0.3 is 0 Å². The maximum atomic E-state index is 5.97. The molecule has 8 heteroatoms. The molecule has 0 bridgehead atoms. The van der Waals surface area contributed by atoms with Crippen molar-refractivity contribution in [2.45, 2.75) is 19.6 Å². The van der Waals surface area contributed by atoms with Crippen molar-refractivity contribution >= 4 is 23.0 Å². The highest BCUT2D eigenvalue weighted by atomic mass is 32.1. The van der Waals surface area contributed by atoms with E-state index in [0.29, 0.717) is 12.4 Å². The van der Waals surface area contributed by atoms with Gasteiger partial charge in [0.05, 0.1) is 23.5 Å². The normalized spacial score (nSPS) is 18.0. The van der Waals surface area contributed by atoms with Crippen LogP contribution in [0.1, 0.15) is 21.7 Å². The van der Waals surface area contributed by atoms with E-state index in [1.807, 2.05) is 31.3 Å². The summed E-state index contributed by atoms with van der Waals surface area (Å²) in [7, 11) is 0. The zero-order chi connectivity index (χ0) is 17.8. The van der Waals surface area contributed by atoms with Gasteiger partial charge in [-0.15, -0.1) is 11.3 Å². The lowest BCUT2D eigenvalue weighted by molar-refractivity contribution is -0.0346. The van der Waals surface area contributed by atoms with Crippen LogP contribution in [-0.2, 0) is 11.3 Å². The zero-order valence-electron chi connectivity index (χ0n) is 14.5. The third-order valence-corrected chi connectivity index (χ3v) is 5.02. The quantitative estimate of drug-likeness (QED) is 0.742. The Hall–Kier alpha value is -2.42. The van der Waals surface area contributed by atoms with Crippen LogP contribution in [0.25, 0.3) is 0 Å². The van der Waals surface area contributed by atoms with Gasteiger partial charge in [0.1, 0.15) is 17.7 Å². The lowest BCUT2D eigenvalue weighted by atomic mass is 10.2. The Balaban J connectivity index is 1.44. The van der Waals surface area contributed by atoms with E-state index in [-0.39, 0.29) is 6.10 Å². The first-order valence-electron chi connectivity index (χ1n) is 8.51. The summed E-state index contributed by atoms with van der Waals surface area (Å²) in [6.45, 7) is 5.38. The SMILES string of the molecule is Cc1ncc(CN2CCOC(c3cccc(Nc4cnccn4)n3)C2)s1. The molecular formula is C18H20N6OS. The molecule has 0 aromatic carbocycles. The van der Waals surface area contributed by atoms with E-state index in [0.717, 1.165) is 36.2 Å². The van der Waals surface area contributed by atoms with Crippen LogP contribution < -0.4 is 5.32 Å². The van der Waals surface area contributed by atoms with Crippen LogP contribution in [0.3, 0.4) is 0 Å². The molecule has 1 aliphatic rings. The van der Waals surface area contributed by atoms with Crippen molar-refractivity contribution in [1.29, 1.82) is 0 Å². The number of hydrogen-bond acceptors (Lipinski definition) is 8. The summed E-state index contributed by atoms with van der Waals surface area (Å²) in [6, 6.07) is 5.90. The highest BCUT2D eigenvalue weighted by molar-refractivity contribution is 7.11. The monoisotopic (exact) mass is 368 g/mol. The molecule has 0 radical (unpaired) electrons. The molecule has 1 fully saturated rings. The third kappa shape index (κ3) is 4.21. The van der Waals surface area contributed by atoms with Gasteiger partial charge in [-0.2, -0.15) is 0 Å². The minimum atomic E-state index is -0.0404. The second-order valence-electron chi connectivity index (χ2n) is 6.10. The van der Waals surface area contributed by atoms with E-state index >= 15 is 0 Å². The first kappa shape index (κ1) is 17.0. The number of rotatable bonds is 5. The summed E-state index contributed by atoms with van der Waals surface area (Å²) in [5, 5.41) is 4.28. The number of ether oxygens (including phenoxy) is 1. The van der Waals surface area contributed by atoms with Crippen molar-refractivity contribution in [3.63, 3.8) is 0 Å². The van der Waals surface area contributed by atoms with Crippen LogP contribution >= 0.6 is 11.3 Å². The Morgan fingerprint density at radius 1 is 1.23 bits per heavy atom. The lowest BCUT2D eigenvalue weighted by Crippen LogP contribution is -2.37. The number of nitrogens with one attached hydrogen (secondary N) is 1. The van der Waals surface area contributed by atoms with Crippen molar-refractivity contribution in [1.82, 2.24) is 24.8 Å². The summed E-state index contributed by atoms with van der Waals surface area (Å²) >= 11 is 1.75. The molecule has 1 atom stereocenters. The van der Waals surface area contributed by atoms with Crippen LogP contribution in [0.5, 0.6) is 0 Å². The maximum Gasteiger partial charge on any atom is 0.150 e. The van der Waals surface area contributed by atoms with Gasteiger partial charge in [0.15, 0.2) is 0 Å². The Kier molecular flexibility index (Phi) is 5.14. The minimum absolute atomic E-state index is 0.0404. The number of hydrogen-bond donors (Lipinski definition) is 1. The Labute approximate surface area is 156 Å². The van der Waals surface area contributed by atoms with Crippen LogP contribution in [0.4, 0.5) is 11.6 Å². The number of pyridine rings is 1. The van der Waals surface area contributed by atoms with Gasteiger partial charge in [-0.25, -0.2) is 15.0 Å². The molecule has 1 aliphatic heterocycles. The summed E-state index contributed by atoms with van der Waals surface area (Å²) in [4.78, 5) is 21.0. The van der Waals surface area contributed by atoms with Gasteiger partial charge < -0.3 is 10.1 Å². The largest absolute Gasteiger partial charge is 0.369 e. The molecule has 0 amide bonds. The van der Waals surface area contributed by atoms with Gasteiger partial charge in [-0.1, -0.05) is 6.07 Å². The van der Waals surface area contributed by atoms with Crippen LogP contribution in [0, 0.1) is 6.92 Å². The predicted octanol–water partition coefficient (Wildman–Crippen LogP) is 2.95. The number of thiazole rings is 1. The van der Waals surface area contributed by atoms with Crippen molar-refractivity contribution in [2.24, 2.45) is 0 Å². The smallest absolute Gasteiger partial charge is 0.150 e. The first-order valence-corrected chi connectivity index (χ1v) is 9.33. The van der Waals surface area contributed by atoms with Crippen molar-refractivity contribution < 1.29 is 4.74 Å². The maximum absolute atomic E-state index is 5.97. The van der Waals surface area contributed by atoms with Gasteiger partial charge in [0, 0.05) is 43.1 Å². The number of aryl methyl sites for hydroxylation is 1.